The second-order valence-electron chi connectivity index (χ2n) is 5.80. The molecule has 0 bridgehead atoms. The molecule has 1 fully saturated rings. The molecule has 0 aliphatic heterocycles. The van der Waals surface area contributed by atoms with E-state index < -0.39 is 5.60 Å². The highest BCUT2D eigenvalue weighted by atomic mass is 16.3. The van der Waals surface area contributed by atoms with Gasteiger partial charge in [0.25, 0.3) is 0 Å². The zero-order valence-electron chi connectivity index (χ0n) is 11.8. The van der Waals surface area contributed by atoms with Crippen LogP contribution in [0.3, 0.4) is 0 Å². The monoisotopic (exact) mass is 242 g/mol. The van der Waals surface area contributed by atoms with E-state index in [2.05, 4.69) is 25.8 Å². The summed E-state index contributed by atoms with van der Waals surface area (Å²) in [6, 6.07) is 0.646. The molecule has 3 heteroatoms. The zero-order valence-corrected chi connectivity index (χ0v) is 11.8. The van der Waals surface area contributed by atoms with Crippen LogP contribution in [0.2, 0.25) is 0 Å². The van der Waals surface area contributed by atoms with Crippen molar-refractivity contribution in [2.45, 2.75) is 64.0 Å². The summed E-state index contributed by atoms with van der Waals surface area (Å²) in [4.78, 5) is 2.42. The Kier molecular flexibility index (Phi) is 5.90. The number of hydrogen-bond donors (Lipinski definition) is 2. The molecule has 3 unspecified atom stereocenters. The average molecular weight is 242 g/mol. The average Bonchev–Trinajstić information content (AvgIpc) is 2.68. The van der Waals surface area contributed by atoms with Crippen molar-refractivity contribution in [3.8, 4) is 0 Å². The zero-order chi connectivity index (χ0) is 12.9. The van der Waals surface area contributed by atoms with Crippen LogP contribution >= 0.6 is 0 Å². The van der Waals surface area contributed by atoms with Gasteiger partial charge in [0.15, 0.2) is 0 Å². The molecule has 0 saturated heterocycles. The van der Waals surface area contributed by atoms with Gasteiger partial charge in [0, 0.05) is 12.6 Å². The summed E-state index contributed by atoms with van der Waals surface area (Å²) >= 11 is 0. The molecule has 0 aromatic carbocycles. The summed E-state index contributed by atoms with van der Waals surface area (Å²) in [7, 11) is 2.19. The van der Waals surface area contributed by atoms with Crippen LogP contribution in [0.4, 0.5) is 0 Å². The lowest BCUT2D eigenvalue weighted by atomic mass is 9.88. The largest absolute Gasteiger partial charge is 0.388 e. The van der Waals surface area contributed by atoms with Gasteiger partial charge < -0.3 is 15.7 Å². The Morgan fingerprint density at radius 1 is 1.53 bits per heavy atom. The Morgan fingerprint density at radius 3 is 2.82 bits per heavy atom. The molecule has 0 spiro atoms. The van der Waals surface area contributed by atoms with Gasteiger partial charge in [-0.05, 0) is 52.1 Å². The van der Waals surface area contributed by atoms with Gasteiger partial charge in [-0.3, -0.25) is 0 Å². The topological polar surface area (TPSA) is 49.5 Å². The lowest BCUT2D eigenvalue weighted by Gasteiger charge is -2.31. The van der Waals surface area contributed by atoms with Gasteiger partial charge in [0.05, 0.1) is 5.60 Å². The van der Waals surface area contributed by atoms with Gasteiger partial charge in [0.2, 0.25) is 0 Å². The standard InChI is InChI=1S/C14H30N2O/c1-4-6-12(2)16(3)10-8-13-7-5-9-14(13,17)11-15/h12-13,17H,4-11,15H2,1-3H3. The van der Waals surface area contributed by atoms with Crippen molar-refractivity contribution in [1.29, 1.82) is 0 Å². The van der Waals surface area contributed by atoms with Gasteiger partial charge in [-0.15, -0.1) is 0 Å². The molecule has 1 aliphatic rings. The summed E-state index contributed by atoms with van der Waals surface area (Å²) in [6.07, 6.45) is 6.74. The third-order valence-corrected chi connectivity index (χ3v) is 4.56. The Hall–Kier alpha value is -0.120. The molecule has 17 heavy (non-hydrogen) atoms. The first-order valence-electron chi connectivity index (χ1n) is 7.16. The van der Waals surface area contributed by atoms with E-state index in [4.69, 9.17) is 5.73 Å². The first-order chi connectivity index (χ1) is 8.03. The second kappa shape index (κ2) is 6.72. The van der Waals surface area contributed by atoms with Crippen LogP contribution in [-0.2, 0) is 0 Å². The normalized spacial score (nSPS) is 31.1. The Labute approximate surface area is 106 Å². The number of nitrogens with zero attached hydrogens (tertiary/aromatic N) is 1. The maximum absolute atomic E-state index is 10.4. The molecule has 0 aromatic rings. The molecule has 0 radical (unpaired) electrons. The van der Waals surface area contributed by atoms with Gasteiger partial charge >= 0.3 is 0 Å². The smallest absolute Gasteiger partial charge is 0.0797 e. The van der Waals surface area contributed by atoms with Gasteiger partial charge in [-0.2, -0.15) is 0 Å². The number of nitrogens with two attached hydrogens (primary N) is 1. The van der Waals surface area contributed by atoms with E-state index in [1.165, 1.54) is 12.8 Å². The third-order valence-electron chi connectivity index (χ3n) is 4.56. The Balaban J connectivity index is 2.35. The predicted molar refractivity (Wildman–Crippen MR) is 73.0 cm³/mol. The molecule has 3 N–H and O–H groups in total. The fourth-order valence-electron chi connectivity index (χ4n) is 3.03. The van der Waals surface area contributed by atoms with E-state index in [1.807, 2.05) is 0 Å². The quantitative estimate of drug-likeness (QED) is 0.718. The van der Waals surface area contributed by atoms with Crippen molar-refractivity contribution in [2.75, 3.05) is 20.1 Å². The lowest BCUT2D eigenvalue weighted by molar-refractivity contribution is 0.00418. The van der Waals surface area contributed by atoms with Crippen molar-refractivity contribution in [3.05, 3.63) is 0 Å². The van der Waals surface area contributed by atoms with E-state index >= 15 is 0 Å². The Bertz CT molecular complexity index is 222. The van der Waals surface area contributed by atoms with Crippen LogP contribution in [0.25, 0.3) is 0 Å². The van der Waals surface area contributed by atoms with Crippen LogP contribution in [-0.4, -0.2) is 41.8 Å². The van der Waals surface area contributed by atoms with Crippen LogP contribution in [0.15, 0.2) is 0 Å². The van der Waals surface area contributed by atoms with Crippen molar-refractivity contribution in [1.82, 2.24) is 4.90 Å². The third kappa shape index (κ3) is 3.94. The van der Waals surface area contributed by atoms with Crippen LogP contribution in [0, 0.1) is 5.92 Å². The molecule has 102 valence electrons. The summed E-state index contributed by atoms with van der Waals surface area (Å²) in [5.41, 5.74) is 5.13. The summed E-state index contributed by atoms with van der Waals surface area (Å²) < 4.78 is 0. The first-order valence-corrected chi connectivity index (χ1v) is 7.16. The van der Waals surface area contributed by atoms with Gasteiger partial charge in [-0.1, -0.05) is 19.8 Å². The highest BCUT2D eigenvalue weighted by Crippen LogP contribution is 2.37. The maximum atomic E-state index is 10.4. The van der Waals surface area contributed by atoms with Crippen LogP contribution in [0.1, 0.15) is 52.4 Å². The molecule has 3 nitrogen and oxygen atoms in total. The molecule has 0 heterocycles. The molecule has 1 rings (SSSR count). The minimum absolute atomic E-state index is 0.406. The van der Waals surface area contributed by atoms with E-state index in [1.54, 1.807) is 0 Å². The minimum atomic E-state index is -0.575. The molecule has 3 atom stereocenters. The number of aliphatic hydroxyl groups is 1. The van der Waals surface area contributed by atoms with E-state index in [-0.39, 0.29) is 0 Å². The van der Waals surface area contributed by atoms with Crippen molar-refractivity contribution in [3.63, 3.8) is 0 Å². The predicted octanol–water partition coefficient (Wildman–Crippen LogP) is 1.99. The SMILES string of the molecule is CCCC(C)N(C)CCC1CCCC1(O)CN. The van der Waals surface area contributed by atoms with Crippen molar-refractivity contribution >= 4 is 0 Å². The molecule has 1 saturated carbocycles. The van der Waals surface area contributed by atoms with E-state index in [0.29, 0.717) is 18.5 Å². The highest BCUT2D eigenvalue weighted by Gasteiger charge is 2.39. The lowest BCUT2D eigenvalue weighted by Crippen LogP contribution is -2.42. The Morgan fingerprint density at radius 2 is 2.24 bits per heavy atom. The van der Waals surface area contributed by atoms with Crippen LogP contribution in [0.5, 0.6) is 0 Å². The number of rotatable bonds is 7. The molecular formula is C14H30N2O. The minimum Gasteiger partial charge on any atom is -0.388 e. The summed E-state index contributed by atoms with van der Waals surface area (Å²) in [5.74, 6) is 0.406. The van der Waals surface area contributed by atoms with E-state index in [9.17, 15) is 5.11 Å². The van der Waals surface area contributed by atoms with Gasteiger partial charge in [-0.25, -0.2) is 0 Å². The fraction of sp³-hybridized carbons (Fsp3) is 1.00. The maximum Gasteiger partial charge on any atom is 0.0797 e. The molecule has 0 aromatic heterocycles. The van der Waals surface area contributed by atoms with Crippen molar-refractivity contribution < 1.29 is 5.11 Å². The van der Waals surface area contributed by atoms with Crippen LogP contribution < -0.4 is 5.73 Å². The highest BCUT2D eigenvalue weighted by molar-refractivity contribution is 4.93. The second-order valence-corrected chi connectivity index (χ2v) is 5.80. The van der Waals surface area contributed by atoms with Gasteiger partial charge in [0.1, 0.15) is 0 Å². The number of hydrogen-bond acceptors (Lipinski definition) is 3. The molecular weight excluding hydrogens is 212 g/mol. The molecule has 0 amide bonds. The van der Waals surface area contributed by atoms with Crippen molar-refractivity contribution in [2.24, 2.45) is 11.7 Å². The van der Waals surface area contributed by atoms with E-state index in [0.717, 1.165) is 32.2 Å². The summed E-state index contributed by atoms with van der Waals surface area (Å²) in [5, 5.41) is 10.4. The summed E-state index contributed by atoms with van der Waals surface area (Å²) in [6.45, 7) is 6.02. The molecule has 1 aliphatic carbocycles. The fourth-order valence-corrected chi connectivity index (χ4v) is 3.03. The first kappa shape index (κ1) is 14.9.